The largest absolute Gasteiger partial charge is 0.383 e. The molecule has 0 bridgehead atoms. The number of benzene rings is 1. The number of hydrogen-bond acceptors (Lipinski definition) is 3. The Hall–Kier alpha value is -1.75. The number of rotatable bonds is 6. The summed E-state index contributed by atoms with van der Waals surface area (Å²) in [5, 5.41) is 5.75. The Balaban J connectivity index is 1.77. The summed E-state index contributed by atoms with van der Waals surface area (Å²) >= 11 is 0. The quantitative estimate of drug-likeness (QED) is 0.840. The summed E-state index contributed by atoms with van der Waals surface area (Å²) < 4.78 is 4.99. The van der Waals surface area contributed by atoms with Crippen LogP contribution in [0.3, 0.4) is 0 Å². The molecule has 2 unspecified atom stereocenters. The summed E-state index contributed by atoms with van der Waals surface area (Å²) in [5.41, 5.74) is 2.68. The van der Waals surface area contributed by atoms with Crippen molar-refractivity contribution in [1.82, 2.24) is 10.6 Å². The number of anilines is 1. The fourth-order valence-corrected chi connectivity index (χ4v) is 2.83. The average molecular weight is 291 g/mol. The third kappa shape index (κ3) is 4.11. The Morgan fingerprint density at radius 3 is 3.00 bits per heavy atom. The van der Waals surface area contributed by atoms with Crippen LogP contribution in [0.2, 0.25) is 0 Å². The molecule has 5 heteroatoms. The minimum atomic E-state index is -0.139. The van der Waals surface area contributed by atoms with Gasteiger partial charge in [0.2, 0.25) is 0 Å². The third-order valence-electron chi connectivity index (χ3n) is 3.78. The van der Waals surface area contributed by atoms with Gasteiger partial charge in [-0.2, -0.15) is 0 Å². The molecule has 0 aromatic heterocycles. The first-order valence-corrected chi connectivity index (χ1v) is 7.49. The predicted octanol–water partition coefficient (Wildman–Crippen LogP) is 1.77. The van der Waals surface area contributed by atoms with Crippen LogP contribution in [-0.4, -0.2) is 44.9 Å². The van der Waals surface area contributed by atoms with Crippen LogP contribution in [0.15, 0.2) is 24.3 Å². The van der Waals surface area contributed by atoms with E-state index < -0.39 is 0 Å². The zero-order valence-electron chi connectivity index (χ0n) is 13.1. The average Bonchev–Trinajstić information content (AvgIpc) is 2.75. The highest BCUT2D eigenvalue weighted by Crippen LogP contribution is 2.30. The maximum absolute atomic E-state index is 11.7. The van der Waals surface area contributed by atoms with E-state index in [-0.39, 0.29) is 12.1 Å². The Labute approximate surface area is 126 Å². The van der Waals surface area contributed by atoms with Gasteiger partial charge in [0.25, 0.3) is 0 Å². The molecule has 1 aliphatic rings. The van der Waals surface area contributed by atoms with Crippen molar-refractivity contribution in [2.24, 2.45) is 0 Å². The summed E-state index contributed by atoms with van der Waals surface area (Å²) in [6, 6.07) is 8.84. The van der Waals surface area contributed by atoms with Crippen LogP contribution in [0.5, 0.6) is 0 Å². The molecule has 2 rings (SSSR count). The van der Waals surface area contributed by atoms with Crippen LogP contribution in [0.4, 0.5) is 10.5 Å². The minimum absolute atomic E-state index is 0.0152. The summed E-state index contributed by atoms with van der Waals surface area (Å²) in [6.07, 6.45) is 1.08. The Kier molecular flexibility index (Phi) is 5.44. The first-order valence-electron chi connectivity index (χ1n) is 7.49. The molecule has 116 valence electrons. The molecule has 1 heterocycles. The van der Waals surface area contributed by atoms with Gasteiger partial charge in [-0.3, -0.25) is 0 Å². The topological polar surface area (TPSA) is 53.6 Å². The lowest BCUT2D eigenvalue weighted by molar-refractivity contribution is 0.171. The van der Waals surface area contributed by atoms with E-state index in [2.05, 4.69) is 46.7 Å². The molecule has 0 saturated carbocycles. The second-order valence-electron chi connectivity index (χ2n) is 5.63. The van der Waals surface area contributed by atoms with Gasteiger partial charge in [0.15, 0.2) is 0 Å². The molecule has 2 amide bonds. The van der Waals surface area contributed by atoms with E-state index in [1.807, 2.05) is 6.92 Å². The van der Waals surface area contributed by atoms with Crippen molar-refractivity contribution in [2.75, 3.05) is 31.7 Å². The smallest absolute Gasteiger partial charge is 0.315 e. The van der Waals surface area contributed by atoms with E-state index in [1.165, 1.54) is 11.3 Å². The standard InChI is InChI=1S/C16H25N3O2/c1-12(11-21-3)18-16(20)17-8-9-19-13(2)10-14-6-4-5-7-15(14)19/h4-7,12-13H,8-11H2,1-3H3,(H2,17,18,20). The fourth-order valence-electron chi connectivity index (χ4n) is 2.83. The number of fused-ring (bicyclic) bond motifs is 1. The normalized spacial score (nSPS) is 18.2. The molecule has 0 fully saturated rings. The Morgan fingerprint density at radius 2 is 2.24 bits per heavy atom. The van der Waals surface area contributed by atoms with Crippen molar-refractivity contribution in [3.05, 3.63) is 29.8 Å². The van der Waals surface area contributed by atoms with E-state index in [4.69, 9.17) is 4.74 Å². The molecule has 1 aromatic carbocycles. The molecular formula is C16H25N3O2. The number of carbonyl (C=O) groups excluding carboxylic acids is 1. The van der Waals surface area contributed by atoms with Crippen molar-refractivity contribution in [2.45, 2.75) is 32.4 Å². The second kappa shape index (κ2) is 7.31. The number of ether oxygens (including phenoxy) is 1. The van der Waals surface area contributed by atoms with E-state index in [0.29, 0.717) is 19.2 Å². The number of para-hydroxylation sites is 1. The van der Waals surface area contributed by atoms with Gasteiger partial charge in [-0.05, 0) is 31.9 Å². The van der Waals surface area contributed by atoms with Gasteiger partial charge in [0.1, 0.15) is 0 Å². The molecule has 1 aliphatic heterocycles. The van der Waals surface area contributed by atoms with Crippen LogP contribution >= 0.6 is 0 Å². The van der Waals surface area contributed by atoms with Gasteiger partial charge in [-0.25, -0.2) is 4.79 Å². The van der Waals surface area contributed by atoms with Crippen LogP contribution in [0.1, 0.15) is 19.4 Å². The van der Waals surface area contributed by atoms with E-state index >= 15 is 0 Å². The molecule has 2 atom stereocenters. The highest BCUT2D eigenvalue weighted by molar-refractivity contribution is 5.74. The van der Waals surface area contributed by atoms with Crippen molar-refractivity contribution >= 4 is 11.7 Å². The van der Waals surface area contributed by atoms with Crippen LogP contribution in [-0.2, 0) is 11.2 Å². The lowest BCUT2D eigenvalue weighted by Gasteiger charge is -2.25. The highest BCUT2D eigenvalue weighted by Gasteiger charge is 2.24. The summed E-state index contributed by atoms with van der Waals surface area (Å²) in [6.45, 7) is 6.11. The predicted molar refractivity (Wildman–Crippen MR) is 84.8 cm³/mol. The first kappa shape index (κ1) is 15.6. The maximum Gasteiger partial charge on any atom is 0.315 e. The Bertz CT molecular complexity index is 478. The molecule has 0 spiro atoms. The van der Waals surface area contributed by atoms with E-state index in [1.54, 1.807) is 7.11 Å². The molecule has 2 N–H and O–H groups in total. The molecule has 0 saturated heterocycles. The molecule has 0 radical (unpaired) electrons. The Morgan fingerprint density at radius 1 is 1.48 bits per heavy atom. The lowest BCUT2D eigenvalue weighted by Crippen LogP contribution is -2.45. The number of methoxy groups -OCH3 is 1. The first-order chi connectivity index (χ1) is 10.1. The number of carbonyl (C=O) groups is 1. The SMILES string of the molecule is COCC(C)NC(=O)NCCN1c2ccccc2CC1C. The van der Waals surface area contributed by atoms with E-state index in [9.17, 15) is 4.79 Å². The van der Waals surface area contributed by atoms with Gasteiger partial charge in [0, 0.05) is 31.9 Å². The molecule has 5 nitrogen and oxygen atoms in total. The van der Waals surface area contributed by atoms with Gasteiger partial charge < -0.3 is 20.3 Å². The third-order valence-corrected chi connectivity index (χ3v) is 3.78. The summed E-state index contributed by atoms with van der Waals surface area (Å²) in [4.78, 5) is 14.1. The van der Waals surface area contributed by atoms with Gasteiger partial charge in [0.05, 0.1) is 12.6 Å². The second-order valence-corrected chi connectivity index (χ2v) is 5.63. The zero-order valence-corrected chi connectivity index (χ0v) is 13.1. The highest BCUT2D eigenvalue weighted by atomic mass is 16.5. The number of nitrogens with one attached hydrogen (secondary N) is 2. The molecular weight excluding hydrogens is 266 g/mol. The van der Waals surface area contributed by atoms with E-state index in [0.717, 1.165) is 13.0 Å². The van der Waals surface area contributed by atoms with Crippen LogP contribution in [0.25, 0.3) is 0 Å². The summed E-state index contributed by atoms with van der Waals surface area (Å²) in [5.74, 6) is 0. The molecule has 21 heavy (non-hydrogen) atoms. The summed E-state index contributed by atoms with van der Waals surface area (Å²) in [7, 11) is 1.63. The number of urea groups is 1. The van der Waals surface area contributed by atoms with Crippen molar-refractivity contribution < 1.29 is 9.53 Å². The minimum Gasteiger partial charge on any atom is -0.383 e. The van der Waals surface area contributed by atoms with Gasteiger partial charge in [-0.1, -0.05) is 18.2 Å². The van der Waals surface area contributed by atoms with Crippen LogP contribution in [0, 0.1) is 0 Å². The molecule has 1 aromatic rings. The zero-order chi connectivity index (χ0) is 15.2. The lowest BCUT2D eigenvalue weighted by atomic mass is 10.1. The fraction of sp³-hybridized carbons (Fsp3) is 0.562. The van der Waals surface area contributed by atoms with Crippen molar-refractivity contribution in [3.63, 3.8) is 0 Å². The van der Waals surface area contributed by atoms with Crippen molar-refractivity contribution in [3.8, 4) is 0 Å². The number of nitrogens with zero attached hydrogens (tertiary/aromatic N) is 1. The van der Waals surface area contributed by atoms with Gasteiger partial charge in [-0.15, -0.1) is 0 Å². The van der Waals surface area contributed by atoms with Crippen molar-refractivity contribution in [1.29, 1.82) is 0 Å². The number of amides is 2. The maximum atomic E-state index is 11.7. The van der Waals surface area contributed by atoms with Crippen LogP contribution < -0.4 is 15.5 Å². The number of hydrogen-bond donors (Lipinski definition) is 2. The van der Waals surface area contributed by atoms with Gasteiger partial charge >= 0.3 is 6.03 Å². The molecule has 0 aliphatic carbocycles. The monoisotopic (exact) mass is 291 g/mol.